The maximum atomic E-state index is 14.5. The standard InChI is InChI=1S/C20H21FN6O/c1-10(28)15-11-4-6-12(7-5-11)16(15)24-19-14(21)9-23-20(25-19)17-13-3-2-8-22-18(13)27-26-17/h2-3,8-9,11-12,15-16H,4-7H2,1H3,(H,22,26,27)(H,23,24,25)/t11?,12?,15-,16?/m0/s1. The SMILES string of the molecule is CC(=O)[C@H]1C2CCC(CC2)C1Nc1nc(-c2n[nH]c3ncccc23)ncc1F. The number of aromatic amines is 1. The Morgan fingerprint density at radius 1 is 1.21 bits per heavy atom. The van der Waals surface area contributed by atoms with Crippen LogP contribution in [-0.2, 0) is 4.79 Å². The molecule has 28 heavy (non-hydrogen) atoms. The number of aromatic nitrogens is 5. The van der Waals surface area contributed by atoms with Gasteiger partial charge < -0.3 is 5.32 Å². The summed E-state index contributed by atoms with van der Waals surface area (Å²) in [7, 11) is 0. The van der Waals surface area contributed by atoms with Gasteiger partial charge in [0.1, 0.15) is 11.5 Å². The fourth-order valence-corrected chi connectivity index (χ4v) is 5.01. The number of Topliss-reactive ketones (excluding diaryl/α,β-unsaturated/α-hetero) is 1. The van der Waals surface area contributed by atoms with E-state index in [1.807, 2.05) is 6.07 Å². The first-order valence-electron chi connectivity index (χ1n) is 9.71. The lowest BCUT2D eigenvalue weighted by molar-refractivity contribution is -0.126. The first kappa shape index (κ1) is 17.2. The summed E-state index contributed by atoms with van der Waals surface area (Å²) in [5.41, 5.74) is 1.15. The van der Waals surface area contributed by atoms with Gasteiger partial charge in [0, 0.05) is 18.2 Å². The average Bonchev–Trinajstić information content (AvgIpc) is 3.14. The Bertz CT molecular complexity index is 1040. The molecule has 2 atom stereocenters. The Balaban J connectivity index is 1.50. The molecule has 3 aromatic heterocycles. The Morgan fingerprint density at radius 3 is 2.79 bits per heavy atom. The van der Waals surface area contributed by atoms with E-state index in [0.29, 0.717) is 29.0 Å². The van der Waals surface area contributed by atoms with Crippen molar-refractivity contribution in [3.05, 3.63) is 30.3 Å². The molecule has 3 fully saturated rings. The molecule has 8 heteroatoms. The first-order chi connectivity index (χ1) is 13.6. The van der Waals surface area contributed by atoms with Crippen LogP contribution in [0, 0.1) is 23.6 Å². The number of anilines is 1. The molecule has 3 saturated carbocycles. The third-order valence-corrected chi connectivity index (χ3v) is 6.28. The highest BCUT2D eigenvalue weighted by atomic mass is 19.1. The van der Waals surface area contributed by atoms with Gasteiger partial charge in [-0.1, -0.05) is 0 Å². The summed E-state index contributed by atoms with van der Waals surface area (Å²) >= 11 is 0. The van der Waals surface area contributed by atoms with Gasteiger partial charge in [-0.25, -0.2) is 19.3 Å². The molecular formula is C20H21FN6O. The number of carbonyl (C=O) groups excluding carboxylic acids is 1. The number of carbonyl (C=O) groups is 1. The summed E-state index contributed by atoms with van der Waals surface area (Å²) in [5, 5.41) is 11.1. The van der Waals surface area contributed by atoms with E-state index < -0.39 is 5.82 Å². The number of hydrogen-bond acceptors (Lipinski definition) is 6. The zero-order valence-electron chi connectivity index (χ0n) is 15.5. The third kappa shape index (κ3) is 2.75. The van der Waals surface area contributed by atoms with Crippen LogP contribution in [-0.4, -0.2) is 37.0 Å². The number of H-pyrrole nitrogens is 1. The molecule has 1 unspecified atom stereocenters. The second-order valence-corrected chi connectivity index (χ2v) is 7.84. The molecule has 3 aliphatic carbocycles. The highest BCUT2D eigenvalue weighted by Crippen LogP contribution is 2.46. The number of halogens is 1. The number of nitrogens with zero attached hydrogens (tertiary/aromatic N) is 4. The van der Waals surface area contributed by atoms with Crippen molar-refractivity contribution in [2.24, 2.45) is 17.8 Å². The van der Waals surface area contributed by atoms with Gasteiger partial charge in [0.25, 0.3) is 0 Å². The summed E-state index contributed by atoms with van der Waals surface area (Å²) in [4.78, 5) is 25.0. The van der Waals surface area contributed by atoms with Gasteiger partial charge in [-0.2, -0.15) is 5.10 Å². The number of nitrogens with one attached hydrogen (secondary N) is 2. The molecule has 0 aromatic carbocycles. The van der Waals surface area contributed by atoms with E-state index in [2.05, 4.69) is 30.5 Å². The number of fused-ring (bicyclic) bond motifs is 4. The fraction of sp³-hybridized carbons (Fsp3) is 0.450. The summed E-state index contributed by atoms with van der Waals surface area (Å²) in [6.07, 6.45) is 7.13. The monoisotopic (exact) mass is 380 g/mol. The molecule has 3 aliphatic rings. The molecule has 2 bridgehead atoms. The van der Waals surface area contributed by atoms with Crippen LogP contribution in [0.25, 0.3) is 22.6 Å². The predicted octanol–water partition coefficient (Wildman–Crippen LogP) is 3.36. The van der Waals surface area contributed by atoms with Gasteiger partial charge in [0.2, 0.25) is 0 Å². The molecule has 3 aromatic rings. The lowest BCUT2D eigenvalue weighted by Crippen LogP contribution is -2.51. The number of ketones is 1. The minimum Gasteiger partial charge on any atom is -0.364 e. The van der Waals surface area contributed by atoms with Crippen LogP contribution in [0.2, 0.25) is 0 Å². The van der Waals surface area contributed by atoms with Crippen LogP contribution in [0.1, 0.15) is 32.6 Å². The predicted molar refractivity (Wildman–Crippen MR) is 102 cm³/mol. The molecule has 7 nitrogen and oxygen atoms in total. The van der Waals surface area contributed by atoms with E-state index in [1.165, 1.54) is 0 Å². The van der Waals surface area contributed by atoms with Crippen molar-refractivity contribution in [1.29, 1.82) is 0 Å². The van der Waals surface area contributed by atoms with Crippen molar-refractivity contribution in [1.82, 2.24) is 25.1 Å². The quantitative estimate of drug-likeness (QED) is 0.720. The van der Waals surface area contributed by atoms with Crippen molar-refractivity contribution >= 4 is 22.6 Å². The van der Waals surface area contributed by atoms with Crippen LogP contribution in [0.3, 0.4) is 0 Å². The van der Waals surface area contributed by atoms with Gasteiger partial charge in [0.05, 0.1) is 11.6 Å². The van der Waals surface area contributed by atoms with Crippen LogP contribution in [0.5, 0.6) is 0 Å². The summed E-state index contributed by atoms with van der Waals surface area (Å²) in [5.74, 6) is 0.771. The van der Waals surface area contributed by atoms with Gasteiger partial charge in [-0.05, 0) is 56.6 Å². The summed E-state index contributed by atoms with van der Waals surface area (Å²) < 4.78 is 14.5. The van der Waals surface area contributed by atoms with Gasteiger partial charge in [-0.15, -0.1) is 0 Å². The molecule has 6 rings (SSSR count). The second kappa shape index (κ2) is 6.61. The fourth-order valence-electron chi connectivity index (χ4n) is 5.01. The normalized spacial score (nSPS) is 26.5. The highest BCUT2D eigenvalue weighted by Gasteiger charge is 2.46. The summed E-state index contributed by atoms with van der Waals surface area (Å²) in [6.45, 7) is 1.64. The van der Waals surface area contributed by atoms with Crippen molar-refractivity contribution in [3.8, 4) is 11.5 Å². The zero-order valence-corrected chi connectivity index (χ0v) is 15.5. The topological polar surface area (TPSA) is 96.5 Å². The number of pyridine rings is 1. The second-order valence-electron chi connectivity index (χ2n) is 7.84. The molecule has 2 N–H and O–H groups in total. The Kier molecular flexibility index (Phi) is 4.07. The summed E-state index contributed by atoms with van der Waals surface area (Å²) in [6, 6.07) is 3.59. The van der Waals surface area contributed by atoms with Crippen LogP contribution in [0.4, 0.5) is 10.2 Å². The number of hydrogen-bond donors (Lipinski definition) is 2. The van der Waals surface area contributed by atoms with E-state index in [1.54, 1.807) is 19.2 Å². The molecule has 0 amide bonds. The molecule has 3 heterocycles. The van der Waals surface area contributed by atoms with E-state index in [-0.39, 0.29) is 23.6 Å². The lowest BCUT2D eigenvalue weighted by Gasteiger charge is -2.48. The first-order valence-corrected chi connectivity index (χ1v) is 9.71. The van der Waals surface area contributed by atoms with Crippen LogP contribution >= 0.6 is 0 Å². The van der Waals surface area contributed by atoms with Crippen molar-refractivity contribution in [2.45, 2.75) is 38.6 Å². The maximum Gasteiger partial charge on any atom is 0.183 e. The molecule has 0 aliphatic heterocycles. The Labute approximate surface area is 161 Å². The molecular weight excluding hydrogens is 359 g/mol. The zero-order chi connectivity index (χ0) is 19.3. The highest BCUT2D eigenvalue weighted by molar-refractivity contribution is 5.88. The Hall–Kier alpha value is -2.90. The van der Waals surface area contributed by atoms with Crippen molar-refractivity contribution in [2.75, 3.05) is 5.32 Å². The average molecular weight is 380 g/mol. The minimum absolute atomic E-state index is 0.0827. The molecule has 144 valence electrons. The largest absolute Gasteiger partial charge is 0.364 e. The van der Waals surface area contributed by atoms with E-state index in [4.69, 9.17) is 0 Å². The van der Waals surface area contributed by atoms with Crippen molar-refractivity contribution < 1.29 is 9.18 Å². The lowest BCUT2D eigenvalue weighted by atomic mass is 9.60. The molecule has 0 radical (unpaired) electrons. The van der Waals surface area contributed by atoms with E-state index in [0.717, 1.165) is 37.3 Å². The maximum absolute atomic E-state index is 14.5. The number of rotatable bonds is 4. The minimum atomic E-state index is -0.523. The van der Waals surface area contributed by atoms with Crippen molar-refractivity contribution in [3.63, 3.8) is 0 Å². The van der Waals surface area contributed by atoms with Gasteiger partial charge >= 0.3 is 0 Å². The van der Waals surface area contributed by atoms with Crippen LogP contribution < -0.4 is 5.32 Å². The Morgan fingerprint density at radius 2 is 2.00 bits per heavy atom. The molecule has 0 spiro atoms. The smallest absolute Gasteiger partial charge is 0.183 e. The van der Waals surface area contributed by atoms with Gasteiger partial charge in [0.15, 0.2) is 23.1 Å². The van der Waals surface area contributed by atoms with Gasteiger partial charge in [-0.3, -0.25) is 9.89 Å². The molecule has 0 saturated heterocycles. The third-order valence-electron chi connectivity index (χ3n) is 6.28. The van der Waals surface area contributed by atoms with E-state index >= 15 is 0 Å². The van der Waals surface area contributed by atoms with Crippen LogP contribution in [0.15, 0.2) is 24.5 Å². The van der Waals surface area contributed by atoms with E-state index in [9.17, 15) is 9.18 Å².